The number of unbranched alkanes of at least 4 members (excludes halogenated alkanes) is 1. The van der Waals surface area contributed by atoms with Gasteiger partial charge in [-0.05, 0) is 33.1 Å². The van der Waals surface area contributed by atoms with E-state index in [0.717, 1.165) is 23.6 Å². The van der Waals surface area contributed by atoms with Crippen LogP contribution in [0.3, 0.4) is 0 Å². The zero-order valence-corrected chi connectivity index (χ0v) is 12.2. The number of hydrogen-bond donors (Lipinski definition) is 1. The van der Waals surface area contributed by atoms with Crippen molar-refractivity contribution >= 4 is 17.4 Å². The summed E-state index contributed by atoms with van der Waals surface area (Å²) in [6, 6.07) is 0.432. The Morgan fingerprint density at radius 1 is 1.39 bits per heavy atom. The lowest BCUT2D eigenvalue weighted by atomic mass is 10.1. The molecule has 1 aliphatic carbocycles. The Kier molecular flexibility index (Phi) is 4.44. The maximum Gasteiger partial charge on any atom is 0.137 e. The molecule has 0 amide bonds. The van der Waals surface area contributed by atoms with Crippen LogP contribution >= 0.6 is 11.6 Å². The molecule has 1 fully saturated rings. The van der Waals surface area contributed by atoms with Crippen molar-refractivity contribution in [2.24, 2.45) is 0 Å². The molecule has 18 heavy (non-hydrogen) atoms. The third-order valence-corrected chi connectivity index (χ3v) is 3.79. The number of nitrogens with one attached hydrogen (secondary N) is 1. The molecule has 100 valence electrons. The standard InChI is InChI=1S/C14H22ClN3/c1-4-5-6-9(2)16-13-10(3)12(15)17-14(18-13)11-7-8-11/h9,11H,4-8H2,1-3H3,(H,16,17,18). The Bertz CT molecular complexity index is 416. The van der Waals surface area contributed by atoms with E-state index in [0.29, 0.717) is 17.1 Å². The van der Waals surface area contributed by atoms with Crippen LogP contribution in [0.15, 0.2) is 0 Å². The zero-order valence-electron chi connectivity index (χ0n) is 11.5. The molecule has 1 atom stereocenters. The average molecular weight is 268 g/mol. The van der Waals surface area contributed by atoms with Gasteiger partial charge in [-0.2, -0.15) is 0 Å². The van der Waals surface area contributed by atoms with Gasteiger partial charge in [0.05, 0.1) is 0 Å². The first-order valence-corrected chi connectivity index (χ1v) is 7.30. The molecule has 0 spiro atoms. The minimum absolute atomic E-state index is 0.432. The number of halogens is 1. The first kappa shape index (κ1) is 13.6. The van der Waals surface area contributed by atoms with E-state index in [1.165, 1.54) is 25.7 Å². The Hall–Kier alpha value is -0.830. The Morgan fingerprint density at radius 2 is 2.11 bits per heavy atom. The third kappa shape index (κ3) is 3.35. The normalized spacial score (nSPS) is 16.7. The fraction of sp³-hybridized carbons (Fsp3) is 0.714. The number of hydrogen-bond acceptors (Lipinski definition) is 3. The van der Waals surface area contributed by atoms with Crippen LogP contribution in [0, 0.1) is 6.92 Å². The lowest BCUT2D eigenvalue weighted by Gasteiger charge is -2.17. The smallest absolute Gasteiger partial charge is 0.137 e. The highest BCUT2D eigenvalue weighted by Gasteiger charge is 2.28. The van der Waals surface area contributed by atoms with Gasteiger partial charge in [0.2, 0.25) is 0 Å². The van der Waals surface area contributed by atoms with Crippen LogP contribution in [0.25, 0.3) is 0 Å². The summed E-state index contributed by atoms with van der Waals surface area (Å²) in [4.78, 5) is 9.02. The summed E-state index contributed by atoms with van der Waals surface area (Å²) in [5.74, 6) is 2.37. The fourth-order valence-electron chi connectivity index (χ4n) is 1.99. The second-order valence-corrected chi connectivity index (χ2v) is 5.67. The summed E-state index contributed by atoms with van der Waals surface area (Å²) >= 11 is 6.19. The van der Waals surface area contributed by atoms with Gasteiger partial charge >= 0.3 is 0 Å². The second kappa shape index (κ2) is 5.87. The third-order valence-electron chi connectivity index (χ3n) is 3.42. The summed E-state index contributed by atoms with van der Waals surface area (Å²) < 4.78 is 0. The Morgan fingerprint density at radius 3 is 2.72 bits per heavy atom. The minimum atomic E-state index is 0.432. The van der Waals surface area contributed by atoms with Gasteiger partial charge < -0.3 is 5.32 Å². The molecule has 1 unspecified atom stereocenters. The summed E-state index contributed by atoms with van der Waals surface area (Å²) in [6.07, 6.45) is 6.02. The van der Waals surface area contributed by atoms with E-state index in [1.54, 1.807) is 0 Å². The monoisotopic (exact) mass is 267 g/mol. The van der Waals surface area contributed by atoms with Crippen molar-refractivity contribution in [3.8, 4) is 0 Å². The molecule has 0 aromatic carbocycles. The van der Waals surface area contributed by atoms with Crippen LogP contribution < -0.4 is 5.32 Å². The first-order valence-electron chi connectivity index (χ1n) is 6.92. The van der Waals surface area contributed by atoms with E-state index in [2.05, 4.69) is 29.1 Å². The highest BCUT2D eigenvalue weighted by Crippen LogP contribution is 2.39. The molecule has 0 aliphatic heterocycles. The average Bonchev–Trinajstić information content (AvgIpc) is 3.16. The van der Waals surface area contributed by atoms with Crippen LogP contribution in [0.4, 0.5) is 5.82 Å². The maximum atomic E-state index is 6.19. The van der Waals surface area contributed by atoms with Crippen molar-refractivity contribution in [2.45, 2.75) is 64.8 Å². The summed E-state index contributed by atoms with van der Waals surface area (Å²) in [5.41, 5.74) is 0.962. The van der Waals surface area contributed by atoms with Gasteiger partial charge in [-0.3, -0.25) is 0 Å². The zero-order chi connectivity index (χ0) is 13.1. The van der Waals surface area contributed by atoms with Crippen LogP contribution in [0.2, 0.25) is 5.15 Å². The maximum absolute atomic E-state index is 6.19. The topological polar surface area (TPSA) is 37.8 Å². The Labute approximate surface area is 114 Å². The molecule has 1 heterocycles. The number of aromatic nitrogens is 2. The SMILES string of the molecule is CCCCC(C)Nc1nc(C2CC2)nc(Cl)c1C. The first-order chi connectivity index (χ1) is 8.61. The fourth-order valence-corrected chi connectivity index (χ4v) is 2.16. The molecular weight excluding hydrogens is 246 g/mol. The van der Waals surface area contributed by atoms with E-state index in [-0.39, 0.29) is 0 Å². The van der Waals surface area contributed by atoms with E-state index in [9.17, 15) is 0 Å². The highest BCUT2D eigenvalue weighted by molar-refractivity contribution is 6.30. The second-order valence-electron chi connectivity index (χ2n) is 5.31. The van der Waals surface area contributed by atoms with Crippen molar-refractivity contribution in [1.29, 1.82) is 0 Å². The highest BCUT2D eigenvalue weighted by atomic mass is 35.5. The predicted octanol–water partition coefficient (Wildman–Crippen LogP) is 4.31. The van der Waals surface area contributed by atoms with Gasteiger partial charge in [-0.1, -0.05) is 31.4 Å². The molecule has 1 aromatic rings. The van der Waals surface area contributed by atoms with Crippen molar-refractivity contribution in [3.05, 3.63) is 16.5 Å². The molecule has 0 radical (unpaired) electrons. The molecular formula is C14H22ClN3. The van der Waals surface area contributed by atoms with Gasteiger partial charge in [0.15, 0.2) is 0 Å². The van der Waals surface area contributed by atoms with Gasteiger partial charge in [0.25, 0.3) is 0 Å². The summed E-state index contributed by atoms with van der Waals surface area (Å²) in [6.45, 7) is 6.39. The molecule has 2 rings (SSSR count). The van der Waals surface area contributed by atoms with Gasteiger partial charge in [-0.15, -0.1) is 0 Å². The molecule has 1 aromatic heterocycles. The van der Waals surface area contributed by atoms with Gasteiger partial charge in [-0.25, -0.2) is 9.97 Å². The van der Waals surface area contributed by atoms with E-state index >= 15 is 0 Å². The lowest BCUT2D eigenvalue weighted by Crippen LogP contribution is -2.17. The van der Waals surface area contributed by atoms with Crippen LogP contribution in [-0.4, -0.2) is 16.0 Å². The van der Waals surface area contributed by atoms with E-state index in [4.69, 9.17) is 11.6 Å². The van der Waals surface area contributed by atoms with Crippen molar-refractivity contribution in [1.82, 2.24) is 9.97 Å². The quantitative estimate of drug-likeness (QED) is 0.781. The van der Waals surface area contributed by atoms with E-state index in [1.807, 2.05) is 6.92 Å². The van der Waals surface area contributed by atoms with Gasteiger partial charge in [0, 0.05) is 17.5 Å². The summed E-state index contributed by atoms with van der Waals surface area (Å²) in [7, 11) is 0. The van der Waals surface area contributed by atoms with Crippen LogP contribution in [-0.2, 0) is 0 Å². The molecule has 0 saturated heterocycles. The van der Waals surface area contributed by atoms with Crippen molar-refractivity contribution in [2.75, 3.05) is 5.32 Å². The Balaban J connectivity index is 2.10. The van der Waals surface area contributed by atoms with E-state index < -0.39 is 0 Å². The molecule has 1 saturated carbocycles. The van der Waals surface area contributed by atoms with Crippen molar-refractivity contribution < 1.29 is 0 Å². The minimum Gasteiger partial charge on any atom is -0.367 e. The molecule has 3 nitrogen and oxygen atoms in total. The van der Waals surface area contributed by atoms with Gasteiger partial charge in [0.1, 0.15) is 16.8 Å². The molecule has 0 bridgehead atoms. The number of anilines is 1. The van der Waals surface area contributed by atoms with Crippen LogP contribution in [0.1, 0.15) is 63.3 Å². The summed E-state index contributed by atoms with van der Waals surface area (Å²) in [5, 5.41) is 4.07. The largest absolute Gasteiger partial charge is 0.367 e. The number of nitrogens with zero attached hydrogens (tertiary/aromatic N) is 2. The lowest BCUT2D eigenvalue weighted by molar-refractivity contribution is 0.641. The van der Waals surface area contributed by atoms with Crippen LogP contribution in [0.5, 0.6) is 0 Å². The molecule has 4 heteroatoms. The number of rotatable bonds is 6. The molecule has 1 aliphatic rings. The predicted molar refractivity (Wildman–Crippen MR) is 76.4 cm³/mol. The molecule has 1 N–H and O–H groups in total. The van der Waals surface area contributed by atoms with Crippen molar-refractivity contribution in [3.63, 3.8) is 0 Å².